The Morgan fingerprint density at radius 1 is 1.10 bits per heavy atom. The minimum Gasteiger partial charge on any atom is -0.390 e. The van der Waals surface area contributed by atoms with Gasteiger partial charge in [0.25, 0.3) is 0 Å². The summed E-state index contributed by atoms with van der Waals surface area (Å²) in [5, 5.41) is 11.1. The molecule has 1 N–H and O–H groups in total. The summed E-state index contributed by atoms with van der Waals surface area (Å²) >= 11 is 1.72. The van der Waals surface area contributed by atoms with E-state index in [9.17, 15) is 9.90 Å². The third-order valence-electron chi connectivity index (χ3n) is 9.83. The van der Waals surface area contributed by atoms with Crippen LogP contribution in [-0.4, -0.2) is 28.4 Å². The van der Waals surface area contributed by atoms with Crippen molar-refractivity contribution in [3.8, 4) is 0 Å². The van der Waals surface area contributed by atoms with Gasteiger partial charge in [-0.25, -0.2) is 4.39 Å². The molecule has 5 rings (SSSR count). The molecule has 2 unspecified atom stereocenters. The Morgan fingerprint density at radius 3 is 2.58 bits per heavy atom. The zero-order chi connectivity index (χ0) is 22.0. The third-order valence-corrected chi connectivity index (χ3v) is 10.9. The van der Waals surface area contributed by atoms with Crippen molar-refractivity contribution in [1.82, 2.24) is 0 Å². The molecule has 0 aliphatic heterocycles. The molecule has 0 aromatic heterocycles. The number of allylic oxidation sites excluding steroid dienone is 1. The zero-order valence-electron chi connectivity index (χ0n) is 19.0. The molecule has 1 aromatic rings. The standard InChI is InChI=1S/C27H35FO2S/c1-25-13-12-23(29)19(16-31-17-7-5-4-6-8-17)20(25)10-9-18-21-11-14-27(3,30)26(21,2)15-22(28)24(18)25/h4-8,18,21-22,24,30H,9-16H2,1-3H3/t18-,21-,22?,24-,25-,26-,27?/m0/s1. The van der Waals surface area contributed by atoms with E-state index in [-0.39, 0.29) is 22.5 Å². The average molecular weight is 443 g/mol. The fourth-order valence-electron chi connectivity index (χ4n) is 7.94. The fourth-order valence-corrected chi connectivity index (χ4v) is 8.94. The fraction of sp³-hybridized carbons (Fsp3) is 0.667. The number of alkyl halides is 1. The van der Waals surface area contributed by atoms with Crippen LogP contribution in [0.15, 0.2) is 46.4 Å². The molecular weight excluding hydrogens is 407 g/mol. The lowest BCUT2D eigenvalue weighted by molar-refractivity contribution is -0.148. The maximum Gasteiger partial charge on any atom is 0.159 e. The topological polar surface area (TPSA) is 37.3 Å². The summed E-state index contributed by atoms with van der Waals surface area (Å²) in [4.78, 5) is 14.2. The molecule has 7 atom stereocenters. The number of fused-ring (bicyclic) bond motifs is 5. The molecule has 168 valence electrons. The van der Waals surface area contributed by atoms with Crippen molar-refractivity contribution in [2.45, 2.75) is 82.4 Å². The van der Waals surface area contributed by atoms with E-state index in [2.05, 4.69) is 26.0 Å². The van der Waals surface area contributed by atoms with E-state index in [0.717, 1.165) is 37.7 Å². The second-order valence-electron chi connectivity index (χ2n) is 11.2. The summed E-state index contributed by atoms with van der Waals surface area (Å²) in [6, 6.07) is 10.2. The molecule has 4 aliphatic carbocycles. The highest BCUT2D eigenvalue weighted by molar-refractivity contribution is 7.99. The number of carbonyl (C=O) groups excluding carboxylic acids is 1. The number of thioether (sulfide) groups is 1. The van der Waals surface area contributed by atoms with Gasteiger partial charge in [0.15, 0.2) is 5.78 Å². The normalized spacial score (nSPS) is 44.6. The first-order valence-corrected chi connectivity index (χ1v) is 13.0. The van der Waals surface area contributed by atoms with Crippen LogP contribution in [0.2, 0.25) is 0 Å². The first kappa shape index (κ1) is 21.7. The van der Waals surface area contributed by atoms with Crippen molar-refractivity contribution >= 4 is 17.5 Å². The molecule has 1 aromatic carbocycles. The molecule has 4 heteroatoms. The van der Waals surface area contributed by atoms with Gasteiger partial charge in [-0.3, -0.25) is 4.79 Å². The Bertz CT molecular complexity index is 909. The van der Waals surface area contributed by atoms with E-state index in [0.29, 0.717) is 30.4 Å². The highest BCUT2D eigenvalue weighted by atomic mass is 32.2. The predicted molar refractivity (Wildman–Crippen MR) is 124 cm³/mol. The molecule has 0 heterocycles. The average Bonchev–Trinajstić information content (AvgIpc) is 2.97. The lowest BCUT2D eigenvalue weighted by Gasteiger charge is -2.60. The number of rotatable bonds is 3. The molecule has 0 saturated heterocycles. The van der Waals surface area contributed by atoms with Crippen molar-refractivity contribution in [1.29, 1.82) is 0 Å². The number of halogens is 1. The predicted octanol–water partition coefficient (Wildman–Crippen LogP) is 6.38. The van der Waals surface area contributed by atoms with Crippen molar-refractivity contribution in [2.24, 2.45) is 28.6 Å². The van der Waals surface area contributed by atoms with Crippen LogP contribution >= 0.6 is 11.8 Å². The summed E-state index contributed by atoms with van der Waals surface area (Å²) < 4.78 is 16.0. The monoisotopic (exact) mass is 442 g/mol. The second-order valence-corrected chi connectivity index (χ2v) is 12.2. The number of hydrogen-bond acceptors (Lipinski definition) is 3. The number of ketones is 1. The van der Waals surface area contributed by atoms with Gasteiger partial charge in [0, 0.05) is 34.0 Å². The van der Waals surface area contributed by atoms with Crippen molar-refractivity contribution < 1.29 is 14.3 Å². The second kappa shape index (κ2) is 7.45. The minimum absolute atomic E-state index is 0.0203. The van der Waals surface area contributed by atoms with Gasteiger partial charge in [0.05, 0.1) is 5.60 Å². The van der Waals surface area contributed by atoms with Gasteiger partial charge in [0.1, 0.15) is 6.17 Å². The molecule has 2 nitrogen and oxygen atoms in total. The molecule has 3 saturated carbocycles. The van der Waals surface area contributed by atoms with Gasteiger partial charge >= 0.3 is 0 Å². The zero-order valence-corrected chi connectivity index (χ0v) is 19.8. The highest BCUT2D eigenvalue weighted by Crippen LogP contribution is 2.68. The van der Waals surface area contributed by atoms with Gasteiger partial charge in [0.2, 0.25) is 0 Å². The van der Waals surface area contributed by atoms with Crippen molar-refractivity contribution in [3.63, 3.8) is 0 Å². The Balaban J connectivity index is 1.48. The third kappa shape index (κ3) is 3.19. The van der Waals surface area contributed by atoms with E-state index in [4.69, 9.17) is 0 Å². The summed E-state index contributed by atoms with van der Waals surface area (Å²) in [7, 11) is 0. The van der Waals surface area contributed by atoms with E-state index in [1.54, 1.807) is 11.8 Å². The maximum atomic E-state index is 16.0. The molecule has 0 spiro atoms. The molecule has 0 amide bonds. The smallest absolute Gasteiger partial charge is 0.159 e. The van der Waals surface area contributed by atoms with E-state index in [1.165, 1.54) is 10.5 Å². The van der Waals surface area contributed by atoms with Crippen LogP contribution < -0.4 is 0 Å². The van der Waals surface area contributed by atoms with Gasteiger partial charge in [-0.1, -0.05) is 37.6 Å². The van der Waals surface area contributed by atoms with Crippen LogP contribution in [0.4, 0.5) is 4.39 Å². The van der Waals surface area contributed by atoms with Crippen LogP contribution in [0.3, 0.4) is 0 Å². The number of hydrogen-bond donors (Lipinski definition) is 1. The minimum atomic E-state index is -0.910. The maximum absolute atomic E-state index is 16.0. The lowest BCUT2D eigenvalue weighted by atomic mass is 9.45. The lowest BCUT2D eigenvalue weighted by Crippen LogP contribution is -2.58. The summed E-state index contributed by atoms with van der Waals surface area (Å²) in [5.74, 6) is 1.64. The molecule has 0 bridgehead atoms. The molecule has 3 fully saturated rings. The highest BCUT2D eigenvalue weighted by Gasteiger charge is 2.65. The molecular formula is C27H35FO2S. The number of benzene rings is 1. The van der Waals surface area contributed by atoms with Crippen molar-refractivity contribution in [3.05, 3.63) is 41.5 Å². The SMILES string of the molecule is CC1(O)CC[C@H]2[C@@H]3CCC4=C(CSc5ccccc5)C(=O)CC[C@]4(C)[C@@H]3C(F)C[C@@]21C. The van der Waals surface area contributed by atoms with Crippen molar-refractivity contribution in [2.75, 3.05) is 5.75 Å². The van der Waals surface area contributed by atoms with E-state index < -0.39 is 11.8 Å². The van der Waals surface area contributed by atoms with Crippen LogP contribution in [0.5, 0.6) is 0 Å². The first-order valence-electron chi connectivity index (χ1n) is 12.0. The van der Waals surface area contributed by atoms with Gasteiger partial charge in [-0.15, -0.1) is 11.8 Å². The number of aliphatic hydroxyl groups is 1. The Labute approximate surface area is 190 Å². The Kier molecular flexibility index (Phi) is 5.21. The largest absolute Gasteiger partial charge is 0.390 e. The van der Waals surface area contributed by atoms with E-state index in [1.807, 2.05) is 25.1 Å². The van der Waals surface area contributed by atoms with Crippen LogP contribution in [0, 0.1) is 28.6 Å². The van der Waals surface area contributed by atoms with Crippen LogP contribution in [0.25, 0.3) is 0 Å². The summed E-state index contributed by atoms with van der Waals surface area (Å²) in [5.41, 5.74) is 0.897. The Morgan fingerprint density at radius 2 is 1.84 bits per heavy atom. The van der Waals surface area contributed by atoms with E-state index >= 15 is 4.39 Å². The molecule has 0 radical (unpaired) electrons. The number of carbonyl (C=O) groups is 1. The number of Topliss-reactive ketones (excluding diaryl/α,β-unsaturated/α-hetero) is 1. The molecule has 31 heavy (non-hydrogen) atoms. The van der Waals surface area contributed by atoms with Gasteiger partial charge in [-0.2, -0.15) is 0 Å². The van der Waals surface area contributed by atoms with Gasteiger partial charge in [-0.05, 0) is 74.8 Å². The Hall–Kier alpha value is -1.13. The van der Waals surface area contributed by atoms with Crippen LogP contribution in [0.1, 0.15) is 65.7 Å². The summed E-state index contributed by atoms with van der Waals surface area (Å²) in [6.07, 6.45) is 4.52. The van der Waals surface area contributed by atoms with Gasteiger partial charge < -0.3 is 5.11 Å². The first-order chi connectivity index (χ1) is 14.7. The quantitative estimate of drug-likeness (QED) is 0.552. The summed E-state index contributed by atoms with van der Waals surface area (Å²) in [6.45, 7) is 6.31. The van der Waals surface area contributed by atoms with Crippen LogP contribution in [-0.2, 0) is 4.79 Å². The molecule has 4 aliphatic rings.